The monoisotopic (exact) mass is 859 g/mol. The number of hydrogen-bond acceptors (Lipinski definition) is 7. The highest BCUT2D eigenvalue weighted by atomic mass is 35.5. The quantitative estimate of drug-likeness (QED) is 0.201. The van der Waals surface area contributed by atoms with Crippen molar-refractivity contribution in [3.8, 4) is 11.4 Å². The third-order valence-corrected chi connectivity index (χ3v) is 16.5. The number of benzene rings is 3. The Balaban J connectivity index is 0.681. The van der Waals surface area contributed by atoms with Crippen LogP contribution in [0.25, 0.3) is 16.6 Å². The van der Waals surface area contributed by atoms with Crippen molar-refractivity contribution in [3.63, 3.8) is 0 Å². The lowest BCUT2D eigenvalue weighted by Crippen LogP contribution is -2.50. The molecule has 1 atom stereocenters. The Bertz CT molecular complexity index is 2540. The van der Waals surface area contributed by atoms with Crippen LogP contribution in [0.1, 0.15) is 136 Å². The molecule has 1 aromatic heterocycles. The number of piperidine rings is 3. The van der Waals surface area contributed by atoms with E-state index < -0.39 is 23.2 Å². The molecule has 4 aromatic rings. The molecule has 2 aliphatic carbocycles. The van der Waals surface area contributed by atoms with E-state index in [0.29, 0.717) is 72.3 Å². The van der Waals surface area contributed by atoms with Crippen LogP contribution < -0.4 is 15.6 Å². The van der Waals surface area contributed by atoms with E-state index in [9.17, 15) is 19.2 Å². The zero-order valence-electron chi connectivity index (χ0n) is 35.4. The predicted molar refractivity (Wildman–Crippen MR) is 234 cm³/mol. The lowest BCUT2D eigenvalue weighted by atomic mass is 9.69. The van der Waals surface area contributed by atoms with Gasteiger partial charge in [-0.3, -0.25) is 29.1 Å². The summed E-state index contributed by atoms with van der Waals surface area (Å²) < 4.78 is 23.9. The van der Waals surface area contributed by atoms with Gasteiger partial charge in [0, 0.05) is 62.9 Å². The molecule has 2 spiro atoms. The summed E-state index contributed by atoms with van der Waals surface area (Å²) in [4.78, 5) is 60.9. The number of rotatable bonds is 5. The van der Waals surface area contributed by atoms with Crippen LogP contribution in [-0.4, -0.2) is 75.4 Å². The molecule has 11 rings (SSSR count). The molecule has 7 aliphatic rings. The van der Waals surface area contributed by atoms with E-state index in [0.717, 1.165) is 101 Å². The molecule has 5 fully saturated rings. The number of carbonyl (C=O) groups excluding carboxylic acids is 3. The summed E-state index contributed by atoms with van der Waals surface area (Å²) in [6, 6.07) is 16.0. The molecule has 324 valence electrons. The largest absolute Gasteiger partial charge is 0.486 e. The first-order chi connectivity index (χ1) is 30.1. The second-order valence-electron chi connectivity index (χ2n) is 19.7. The first-order valence-electron chi connectivity index (χ1n) is 23.3. The van der Waals surface area contributed by atoms with Crippen molar-refractivity contribution in [2.24, 2.45) is 11.8 Å². The third-order valence-electron chi connectivity index (χ3n) is 16.2. The van der Waals surface area contributed by atoms with E-state index in [1.165, 1.54) is 29.3 Å². The van der Waals surface area contributed by atoms with E-state index in [-0.39, 0.29) is 35.1 Å². The summed E-state index contributed by atoms with van der Waals surface area (Å²) in [5.74, 6) is 0.929. The zero-order chi connectivity index (χ0) is 42.3. The summed E-state index contributed by atoms with van der Waals surface area (Å²) in [6.45, 7) is 4.49. The summed E-state index contributed by atoms with van der Waals surface area (Å²) >= 11 is 6.62. The Hall–Kier alpha value is -4.61. The summed E-state index contributed by atoms with van der Waals surface area (Å²) in [6.07, 6.45) is 14.3. The number of ether oxygens (including phenoxy) is 1. The van der Waals surface area contributed by atoms with Crippen LogP contribution in [0.15, 0.2) is 53.3 Å². The molecular weight excluding hydrogens is 805 g/mol. The molecule has 1 unspecified atom stereocenters. The maximum atomic E-state index is 15.2. The molecule has 10 nitrogen and oxygen atoms in total. The number of imide groups is 1. The van der Waals surface area contributed by atoms with Crippen molar-refractivity contribution in [1.82, 2.24) is 24.7 Å². The Morgan fingerprint density at radius 1 is 0.887 bits per heavy atom. The van der Waals surface area contributed by atoms with E-state index >= 15 is 4.39 Å². The number of fused-ring (bicyclic) bond motifs is 8. The van der Waals surface area contributed by atoms with Crippen LogP contribution in [0.4, 0.5) is 4.39 Å². The highest BCUT2D eigenvalue weighted by Crippen LogP contribution is 2.52. The number of nitrogens with zero attached hydrogens (tertiary/aromatic N) is 4. The van der Waals surface area contributed by atoms with Gasteiger partial charge in [0.15, 0.2) is 0 Å². The van der Waals surface area contributed by atoms with Crippen molar-refractivity contribution in [2.75, 3.05) is 32.7 Å². The number of nitrogens with one attached hydrogen (secondary N) is 1. The minimum Gasteiger partial charge on any atom is -0.486 e. The topological polar surface area (TPSA) is 114 Å². The fraction of sp³-hybridized carbons (Fsp3) is 0.540. The lowest BCUT2D eigenvalue weighted by Gasteiger charge is -2.41. The normalized spacial score (nSPS) is 25.7. The Labute approximate surface area is 366 Å². The zero-order valence-corrected chi connectivity index (χ0v) is 36.1. The number of hydrogen-bond donors (Lipinski definition) is 1. The van der Waals surface area contributed by atoms with Crippen molar-refractivity contribution < 1.29 is 23.5 Å². The minimum atomic E-state index is -0.677. The van der Waals surface area contributed by atoms with Crippen LogP contribution in [0.5, 0.6) is 5.75 Å². The fourth-order valence-corrected chi connectivity index (χ4v) is 13.0. The SMILES string of the molecule is O=C1CCC(c2cc3c(cc2F)OC2(CCN(C(=O)C4CCC(CN5CCC(c6ccc7c(c6)-n6c(nc(=O)c8c(Cl)cccc86)C76CCCCC6)CC5)CC4)CC2)C3)C(=O)N1. The summed E-state index contributed by atoms with van der Waals surface area (Å²) in [5.41, 5.74) is 5.03. The lowest BCUT2D eigenvalue weighted by molar-refractivity contribution is -0.140. The number of likely N-dealkylation sites (tertiary alicyclic amines) is 2. The van der Waals surface area contributed by atoms with Crippen molar-refractivity contribution >= 4 is 40.2 Å². The van der Waals surface area contributed by atoms with Gasteiger partial charge >= 0.3 is 0 Å². The van der Waals surface area contributed by atoms with Gasteiger partial charge in [-0.25, -0.2) is 4.39 Å². The van der Waals surface area contributed by atoms with E-state index in [1.54, 1.807) is 12.1 Å². The highest BCUT2D eigenvalue weighted by molar-refractivity contribution is 6.35. The Morgan fingerprint density at radius 3 is 2.42 bits per heavy atom. The smallest absolute Gasteiger partial charge is 0.282 e. The minimum absolute atomic E-state index is 0.0667. The van der Waals surface area contributed by atoms with Gasteiger partial charge in [0.2, 0.25) is 17.7 Å². The molecule has 0 radical (unpaired) electrons. The molecule has 12 heteroatoms. The summed E-state index contributed by atoms with van der Waals surface area (Å²) in [5, 5.41) is 3.31. The van der Waals surface area contributed by atoms with Crippen LogP contribution in [0, 0.1) is 17.7 Å². The maximum Gasteiger partial charge on any atom is 0.282 e. The van der Waals surface area contributed by atoms with Crippen LogP contribution in [0.3, 0.4) is 0 Å². The third kappa shape index (κ3) is 6.79. The molecule has 2 saturated carbocycles. The second kappa shape index (κ2) is 15.6. The van der Waals surface area contributed by atoms with Gasteiger partial charge in [0.25, 0.3) is 5.56 Å². The van der Waals surface area contributed by atoms with Gasteiger partial charge in [0.05, 0.1) is 32.9 Å². The number of halogens is 2. The first kappa shape index (κ1) is 40.2. The fourth-order valence-electron chi connectivity index (χ4n) is 12.8. The Morgan fingerprint density at radius 2 is 1.66 bits per heavy atom. The van der Waals surface area contributed by atoms with Gasteiger partial charge < -0.3 is 14.5 Å². The molecule has 62 heavy (non-hydrogen) atoms. The van der Waals surface area contributed by atoms with Crippen LogP contribution >= 0.6 is 11.6 Å². The van der Waals surface area contributed by atoms with E-state index in [2.05, 4.69) is 33.0 Å². The summed E-state index contributed by atoms with van der Waals surface area (Å²) in [7, 11) is 0. The Kier molecular flexibility index (Phi) is 10.1. The molecule has 1 N–H and O–H groups in total. The van der Waals surface area contributed by atoms with Crippen molar-refractivity contribution in [1.29, 1.82) is 0 Å². The van der Waals surface area contributed by atoms with Gasteiger partial charge in [-0.1, -0.05) is 49.1 Å². The number of amides is 3. The average Bonchev–Trinajstić information content (AvgIpc) is 3.75. The highest BCUT2D eigenvalue weighted by Gasteiger charge is 2.48. The second-order valence-corrected chi connectivity index (χ2v) is 20.1. The molecule has 5 aliphatic heterocycles. The van der Waals surface area contributed by atoms with Crippen LogP contribution in [0.2, 0.25) is 5.02 Å². The van der Waals surface area contributed by atoms with Gasteiger partial charge in [0.1, 0.15) is 23.0 Å². The predicted octanol–water partition coefficient (Wildman–Crippen LogP) is 8.24. The molecule has 0 bridgehead atoms. The number of carbonyl (C=O) groups is 3. The molecule has 3 amide bonds. The van der Waals surface area contributed by atoms with Gasteiger partial charge in [-0.15, -0.1) is 0 Å². The van der Waals surface area contributed by atoms with Crippen molar-refractivity contribution in [3.05, 3.63) is 97.8 Å². The van der Waals surface area contributed by atoms with E-state index in [1.807, 2.05) is 17.0 Å². The first-order valence-corrected chi connectivity index (χ1v) is 23.7. The van der Waals surface area contributed by atoms with E-state index in [4.69, 9.17) is 21.3 Å². The van der Waals surface area contributed by atoms with Crippen LogP contribution in [-0.2, 0) is 26.2 Å². The van der Waals surface area contributed by atoms with Gasteiger partial charge in [-0.05, 0) is 124 Å². The average molecular weight is 860 g/mol. The molecule has 3 aromatic carbocycles. The van der Waals surface area contributed by atoms with Gasteiger partial charge in [-0.2, -0.15) is 4.98 Å². The molecular formula is C50H55ClFN5O5. The van der Waals surface area contributed by atoms with Crippen molar-refractivity contribution in [2.45, 2.75) is 126 Å². The number of aromatic nitrogens is 2. The standard InChI is InChI=1S/C50H55ClFN5O5/c51-38-5-4-6-40-44(38)46(60)54-48-50(17-2-1-3-18-50)37-13-11-33(26-41(37)57(40)48)31-15-21-55(22-16-31)29-30-7-9-32(10-8-30)47(61)56-23-19-49(20-24-56)28-34-25-36(39(52)27-42(34)62-49)35-12-14-43(58)53-45(35)59/h4-6,11,13,25-27,30-32,35H,1-3,7-10,12,14-24,28-29H2,(H,53,58,59). The maximum absolute atomic E-state index is 15.2. The molecule has 6 heterocycles. The molecule has 3 saturated heterocycles.